The Morgan fingerprint density at radius 2 is 1.77 bits per heavy atom. The molecule has 1 saturated heterocycles. The molecule has 206 valence electrons. The van der Waals surface area contributed by atoms with E-state index in [1.54, 1.807) is 43.3 Å². The first kappa shape index (κ1) is 29.1. The molecule has 2 N–H and O–H groups in total. The number of ether oxygens (including phenoxy) is 2. The first-order valence-electron chi connectivity index (χ1n) is 11.7. The monoisotopic (exact) mass is 645 g/mol. The Morgan fingerprint density at radius 1 is 1.05 bits per heavy atom. The van der Waals surface area contributed by atoms with Crippen molar-refractivity contribution >= 4 is 80.3 Å². The van der Waals surface area contributed by atoms with E-state index < -0.39 is 23.8 Å². The minimum Gasteiger partial charge on any atom is -0.493 e. The van der Waals surface area contributed by atoms with Crippen LogP contribution in [-0.2, 0) is 14.4 Å². The van der Waals surface area contributed by atoms with Crippen LogP contribution in [0.3, 0.4) is 0 Å². The van der Waals surface area contributed by atoms with Crippen LogP contribution in [0, 0.1) is 13.8 Å². The Morgan fingerprint density at radius 3 is 2.48 bits per heavy atom. The lowest BCUT2D eigenvalue weighted by Crippen LogP contribution is -2.54. The summed E-state index contributed by atoms with van der Waals surface area (Å²) in [6, 6.07) is 12.1. The van der Waals surface area contributed by atoms with E-state index in [2.05, 4.69) is 26.6 Å². The number of nitrogens with one attached hydrogen (secondary N) is 2. The highest BCUT2D eigenvalue weighted by Crippen LogP contribution is 2.38. The predicted molar refractivity (Wildman–Crippen MR) is 156 cm³/mol. The van der Waals surface area contributed by atoms with Crippen LogP contribution < -0.4 is 25.0 Å². The number of methoxy groups -OCH3 is 1. The molecule has 1 fully saturated rings. The van der Waals surface area contributed by atoms with Gasteiger partial charge in [0.15, 0.2) is 18.1 Å². The molecule has 0 bridgehead atoms. The molecule has 5 amide bonds. The van der Waals surface area contributed by atoms with Crippen LogP contribution in [0.2, 0.25) is 10.0 Å². The van der Waals surface area contributed by atoms with Crippen molar-refractivity contribution in [3.8, 4) is 11.5 Å². The summed E-state index contributed by atoms with van der Waals surface area (Å²) in [6.45, 7) is 3.23. The quantitative estimate of drug-likeness (QED) is 0.238. The molecule has 4 rings (SSSR count). The molecule has 12 heteroatoms. The number of amides is 5. The van der Waals surface area contributed by atoms with Crippen molar-refractivity contribution in [3.63, 3.8) is 0 Å². The third-order valence-electron chi connectivity index (χ3n) is 5.88. The number of nitrogens with zero attached hydrogens (tertiary/aromatic N) is 1. The number of aryl methyl sites for hydroxylation is 2. The van der Waals surface area contributed by atoms with E-state index in [0.29, 0.717) is 31.3 Å². The highest BCUT2D eigenvalue weighted by atomic mass is 79.9. The van der Waals surface area contributed by atoms with Gasteiger partial charge in [-0.15, -0.1) is 0 Å². The number of benzene rings is 3. The third-order valence-corrected chi connectivity index (χ3v) is 7.11. The number of carbonyl (C=O) groups is 4. The summed E-state index contributed by atoms with van der Waals surface area (Å²) in [4.78, 5) is 51.8. The number of hydrogen-bond acceptors (Lipinski definition) is 6. The average Bonchev–Trinajstić information content (AvgIpc) is 2.89. The molecule has 0 aliphatic carbocycles. The van der Waals surface area contributed by atoms with E-state index in [1.165, 1.54) is 25.3 Å². The summed E-state index contributed by atoms with van der Waals surface area (Å²) >= 11 is 15.6. The maximum atomic E-state index is 13.3. The summed E-state index contributed by atoms with van der Waals surface area (Å²) in [5.41, 5.74) is 2.38. The molecule has 1 heterocycles. The maximum absolute atomic E-state index is 13.3. The molecule has 0 radical (unpaired) electrons. The van der Waals surface area contributed by atoms with Crippen LogP contribution in [0.15, 0.2) is 58.6 Å². The molecule has 0 saturated carbocycles. The van der Waals surface area contributed by atoms with Crippen molar-refractivity contribution in [2.24, 2.45) is 0 Å². The Balaban J connectivity index is 1.57. The zero-order chi connectivity index (χ0) is 29.1. The molecule has 0 unspecified atom stereocenters. The Kier molecular flexibility index (Phi) is 8.82. The summed E-state index contributed by atoms with van der Waals surface area (Å²) < 4.78 is 11.5. The van der Waals surface area contributed by atoms with E-state index in [-0.39, 0.29) is 29.4 Å². The summed E-state index contributed by atoms with van der Waals surface area (Å²) in [5.74, 6) is -1.63. The molecule has 1 aliphatic rings. The average molecular weight is 647 g/mol. The van der Waals surface area contributed by atoms with E-state index >= 15 is 0 Å². The van der Waals surface area contributed by atoms with Gasteiger partial charge in [0.2, 0.25) is 0 Å². The second kappa shape index (κ2) is 12.1. The van der Waals surface area contributed by atoms with Crippen molar-refractivity contribution < 1.29 is 28.7 Å². The molecule has 3 aromatic carbocycles. The van der Waals surface area contributed by atoms with Gasteiger partial charge in [-0.05, 0) is 88.9 Å². The van der Waals surface area contributed by atoms with Crippen molar-refractivity contribution in [1.82, 2.24) is 5.32 Å². The maximum Gasteiger partial charge on any atom is 0.335 e. The molecule has 0 aromatic heterocycles. The summed E-state index contributed by atoms with van der Waals surface area (Å²) in [6.07, 6.45) is 1.32. The van der Waals surface area contributed by atoms with Crippen LogP contribution in [0.1, 0.15) is 16.7 Å². The van der Waals surface area contributed by atoms with Gasteiger partial charge < -0.3 is 14.8 Å². The largest absolute Gasteiger partial charge is 0.493 e. The zero-order valence-electron chi connectivity index (χ0n) is 21.4. The normalized spacial score (nSPS) is 14.3. The van der Waals surface area contributed by atoms with Gasteiger partial charge >= 0.3 is 6.03 Å². The summed E-state index contributed by atoms with van der Waals surface area (Å²) in [7, 11) is 1.40. The smallest absolute Gasteiger partial charge is 0.335 e. The van der Waals surface area contributed by atoms with Gasteiger partial charge in [0.05, 0.1) is 17.3 Å². The van der Waals surface area contributed by atoms with Crippen LogP contribution in [0.5, 0.6) is 11.5 Å². The lowest BCUT2D eigenvalue weighted by Gasteiger charge is -2.27. The Hall–Kier alpha value is -3.86. The lowest BCUT2D eigenvalue weighted by atomic mass is 10.1. The number of halogens is 3. The number of hydrogen-bond donors (Lipinski definition) is 2. The van der Waals surface area contributed by atoms with Crippen LogP contribution >= 0.6 is 39.1 Å². The number of anilines is 2. The SMILES string of the molecule is COc1cc(/C=C2\C(=O)NC(=O)N(c3cc(Cl)ccc3C)C2=O)cc(Br)c1OCC(=O)Nc1ccc(C)c(Cl)c1. The number of urea groups is 1. The van der Waals surface area contributed by atoms with Crippen molar-refractivity contribution in [2.45, 2.75) is 13.8 Å². The van der Waals surface area contributed by atoms with Gasteiger partial charge in [0.25, 0.3) is 17.7 Å². The Labute approximate surface area is 248 Å². The van der Waals surface area contributed by atoms with Crippen molar-refractivity contribution in [3.05, 3.63) is 85.3 Å². The van der Waals surface area contributed by atoms with Gasteiger partial charge in [-0.2, -0.15) is 0 Å². The van der Waals surface area contributed by atoms with Crippen LogP contribution in [0.4, 0.5) is 16.2 Å². The molecule has 1 aliphatic heterocycles. The lowest BCUT2D eigenvalue weighted by molar-refractivity contribution is -0.122. The fourth-order valence-corrected chi connectivity index (χ4v) is 4.76. The summed E-state index contributed by atoms with van der Waals surface area (Å²) in [5, 5.41) is 5.73. The van der Waals surface area contributed by atoms with E-state index in [9.17, 15) is 19.2 Å². The van der Waals surface area contributed by atoms with E-state index in [1.807, 2.05) is 6.92 Å². The second-order valence-electron chi connectivity index (χ2n) is 8.72. The topological polar surface area (TPSA) is 114 Å². The minimum absolute atomic E-state index is 0.229. The fourth-order valence-electron chi connectivity index (χ4n) is 3.83. The highest BCUT2D eigenvalue weighted by molar-refractivity contribution is 9.10. The van der Waals surface area contributed by atoms with Gasteiger partial charge in [-0.1, -0.05) is 35.3 Å². The fraction of sp³-hybridized carbons (Fsp3) is 0.143. The number of barbiturate groups is 1. The van der Waals surface area contributed by atoms with Gasteiger partial charge in [0.1, 0.15) is 5.57 Å². The van der Waals surface area contributed by atoms with Crippen molar-refractivity contribution in [1.29, 1.82) is 0 Å². The van der Waals surface area contributed by atoms with Gasteiger partial charge in [0, 0.05) is 15.7 Å². The first-order chi connectivity index (χ1) is 19.0. The van der Waals surface area contributed by atoms with Gasteiger partial charge in [-0.25, -0.2) is 9.69 Å². The number of imide groups is 2. The standard InChI is InChI=1S/C28H22BrCl2N3O6/c1-14-5-7-18(12-21(14)31)32-24(35)13-40-25-20(29)9-16(10-23(25)39-3)8-19-26(36)33-28(38)34(27(19)37)22-11-17(30)6-4-15(22)2/h4-12H,13H2,1-3H3,(H,32,35)(H,33,36,38)/b19-8+. The molecular formula is C28H22BrCl2N3O6. The van der Waals surface area contributed by atoms with E-state index in [4.69, 9.17) is 32.7 Å². The Bertz CT molecular complexity index is 1590. The molecular weight excluding hydrogens is 625 g/mol. The van der Waals surface area contributed by atoms with E-state index in [0.717, 1.165) is 10.5 Å². The van der Waals surface area contributed by atoms with Crippen LogP contribution in [-0.4, -0.2) is 37.5 Å². The highest BCUT2D eigenvalue weighted by Gasteiger charge is 2.37. The molecule has 3 aromatic rings. The molecule has 9 nitrogen and oxygen atoms in total. The molecule has 40 heavy (non-hydrogen) atoms. The predicted octanol–water partition coefficient (Wildman–Crippen LogP) is 6.07. The number of rotatable bonds is 7. The minimum atomic E-state index is -0.883. The number of carbonyl (C=O) groups excluding carboxylic acids is 4. The second-order valence-corrected chi connectivity index (χ2v) is 10.4. The zero-order valence-corrected chi connectivity index (χ0v) is 24.5. The van der Waals surface area contributed by atoms with Crippen LogP contribution in [0.25, 0.3) is 6.08 Å². The third kappa shape index (κ3) is 6.30. The van der Waals surface area contributed by atoms with Gasteiger partial charge in [-0.3, -0.25) is 19.7 Å². The molecule has 0 spiro atoms. The first-order valence-corrected chi connectivity index (χ1v) is 13.3. The van der Waals surface area contributed by atoms with Crippen molar-refractivity contribution in [2.75, 3.05) is 23.9 Å². The molecule has 0 atom stereocenters.